The largest absolute Gasteiger partial charge is 0.433 e. The molecule has 1 amide bonds. The number of thioether (sulfide) groups is 1. The number of benzene rings is 2. The van der Waals surface area contributed by atoms with E-state index in [0.717, 1.165) is 0 Å². The van der Waals surface area contributed by atoms with Crippen LogP contribution >= 0.6 is 23.4 Å². The lowest BCUT2D eigenvalue weighted by molar-refractivity contribution is -0.115. The summed E-state index contributed by atoms with van der Waals surface area (Å²) < 4.78 is 41.9. The molecule has 0 bridgehead atoms. The molecule has 0 aliphatic carbocycles. The number of carbonyl (C=O) groups is 1. The van der Waals surface area contributed by atoms with Crippen molar-refractivity contribution >= 4 is 35.0 Å². The molecule has 0 atom stereocenters. The molecule has 2 aromatic carbocycles. The lowest BCUT2D eigenvalue weighted by Gasteiger charge is -2.09. The van der Waals surface area contributed by atoms with Crippen LogP contribution in [0.15, 0.2) is 47.4 Å². The van der Waals surface area contributed by atoms with E-state index in [0.29, 0.717) is 16.3 Å². The van der Waals surface area contributed by atoms with E-state index in [1.54, 1.807) is 18.2 Å². The van der Waals surface area contributed by atoms with E-state index in [1.165, 1.54) is 36.0 Å². The summed E-state index contributed by atoms with van der Waals surface area (Å²) >= 11 is 7.04. The van der Waals surface area contributed by atoms with Crippen LogP contribution in [-0.4, -0.2) is 18.3 Å². The Bertz CT molecular complexity index is 715. The van der Waals surface area contributed by atoms with E-state index in [2.05, 4.69) is 10.1 Å². The zero-order valence-corrected chi connectivity index (χ0v) is 13.8. The normalized spacial score (nSPS) is 10.7. The molecule has 0 spiro atoms. The minimum atomic E-state index is -2.97. The Balaban J connectivity index is 1.84. The number of alkyl halides is 2. The first-order valence-electron chi connectivity index (χ1n) is 6.87. The van der Waals surface area contributed by atoms with Crippen LogP contribution in [0.3, 0.4) is 0 Å². The van der Waals surface area contributed by atoms with Gasteiger partial charge in [-0.2, -0.15) is 8.78 Å². The molecule has 8 heteroatoms. The minimum Gasteiger partial charge on any atom is -0.433 e. The number of carbonyl (C=O) groups excluding carboxylic acids is 1. The molecule has 0 heterocycles. The maximum Gasteiger partial charge on any atom is 0.387 e. The Morgan fingerprint density at radius 3 is 2.67 bits per heavy atom. The van der Waals surface area contributed by atoms with Gasteiger partial charge >= 0.3 is 6.61 Å². The van der Waals surface area contributed by atoms with Gasteiger partial charge in [-0.3, -0.25) is 4.79 Å². The second kappa shape index (κ2) is 8.84. The number of rotatable bonds is 7. The van der Waals surface area contributed by atoms with Gasteiger partial charge in [0.05, 0.1) is 5.02 Å². The molecule has 0 saturated heterocycles. The van der Waals surface area contributed by atoms with Gasteiger partial charge in [0, 0.05) is 22.8 Å². The first-order chi connectivity index (χ1) is 11.5. The fraction of sp³-hybridized carbons (Fsp3) is 0.188. The topological polar surface area (TPSA) is 38.3 Å². The number of hydrogen-bond donors (Lipinski definition) is 1. The highest BCUT2D eigenvalue weighted by molar-refractivity contribution is 7.99. The lowest BCUT2D eigenvalue weighted by Crippen LogP contribution is -2.12. The third-order valence-electron chi connectivity index (χ3n) is 2.86. The molecule has 0 fully saturated rings. The highest BCUT2D eigenvalue weighted by Gasteiger charge is 2.10. The van der Waals surface area contributed by atoms with Crippen molar-refractivity contribution in [1.29, 1.82) is 0 Å². The Labute approximate surface area is 146 Å². The van der Waals surface area contributed by atoms with Crippen LogP contribution in [0.2, 0.25) is 5.02 Å². The van der Waals surface area contributed by atoms with Crippen LogP contribution in [0, 0.1) is 5.82 Å². The Morgan fingerprint density at radius 2 is 2.00 bits per heavy atom. The molecule has 0 aliphatic heterocycles. The predicted molar refractivity (Wildman–Crippen MR) is 88.5 cm³/mol. The summed E-state index contributed by atoms with van der Waals surface area (Å²) in [6.45, 7) is -2.97. The van der Waals surface area contributed by atoms with Crippen LogP contribution in [0.25, 0.3) is 0 Å². The van der Waals surface area contributed by atoms with Gasteiger partial charge in [-0.15, -0.1) is 11.8 Å². The van der Waals surface area contributed by atoms with Crippen molar-refractivity contribution in [2.24, 2.45) is 0 Å². The fourth-order valence-electron chi connectivity index (χ4n) is 1.81. The molecule has 128 valence electrons. The first kappa shape index (κ1) is 18.5. The zero-order valence-electron chi connectivity index (χ0n) is 12.3. The van der Waals surface area contributed by atoms with Crippen LogP contribution in [0.5, 0.6) is 5.75 Å². The SMILES string of the molecule is O=C(CCSc1ccccc1F)Nc1ccc(OC(F)F)c(Cl)c1. The van der Waals surface area contributed by atoms with Crippen LogP contribution in [-0.2, 0) is 4.79 Å². The summed E-state index contributed by atoms with van der Waals surface area (Å²) in [6, 6.07) is 10.3. The number of hydrogen-bond acceptors (Lipinski definition) is 3. The average Bonchev–Trinajstić information content (AvgIpc) is 2.51. The predicted octanol–water partition coefficient (Wildman–Crippen LogP) is 5.20. The van der Waals surface area contributed by atoms with Crippen molar-refractivity contribution in [3.05, 3.63) is 53.3 Å². The van der Waals surface area contributed by atoms with Gasteiger partial charge in [0.2, 0.25) is 5.91 Å². The summed E-state index contributed by atoms with van der Waals surface area (Å²) in [5, 5.41) is 2.56. The van der Waals surface area contributed by atoms with Gasteiger partial charge in [0.1, 0.15) is 11.6 Å². The molecule has 0 unspecified atom stereocenters. The van der Waals surface area contributed by atoms with Crippen molar-refractivity contribution in [3.8, 4) is 5.75 Å². The maximum absolute atomic E-state index is 13.4. The average molecular weight is 376 g/mol. The van der Waals surface area contributed by atoms with Crippen LogP contribution in [0.1, 0.15) is 6.42 Å². The monoisotopic (exact) mass is 375 g/mol. The van der Waals surface area contributed by atoms with Crippen molar-refractivity contribution in [1.82, 2.24) is 0 Å². The van der Waals surface area contributed by atoms with E-state index in [9.17, 15) is 18.0 Å². The van der Waals surface area contributed by atoms with Gasteiger partial charge < -0.3 is 10.1 Å². The molecule has 2 aromatic rings. The standard InChI is InChI=1S/C16H13ClF3NO2S/c17-11-9-10(5-6-13(11)23-16(19)20)21-15(22)7-8-24-14-4-2-1-3-12(14)18/h1-6,9,16H,7-8H2,(H,21,22). The fourth-order valence-corrected chi connectivity index (χ4v) is 2.92. The Morgan fingerprint density at radius 1 is 1.25 bits per heavy atom. The summed E-state index contributed by atoms with van der Waals surface area (Å²) in [7, 11) is 0. The van der Waals surface area contributed by atoms with E-state index < -0.39 is 6.61 Å². The number of anilines is 1. The maximum atomic E-state index is 13.4. The number of ether oxygens (including phenoxy) is 1. The van der Waals surface area contributed by atoms with E-state index >= 15 is 0 Å². The quantitative estimate of drug-likeness (QED) is 0.676. The molecule has 3 nitrogen and oxygen atoms in total. The van der Waals surface area contributed by atoms with E-state index in [4.69, 9.17) is 11.6 Å². The molecule has 2 rings (SSSR count). The molecular formula is C16H13ClF3NO2S. The van der Waals surface area contributed by atoms with Crippen molar-refractivity contribution in [3.63, 3.8) is 0 Å². The van der Waals surface area contributed by atoms with Gasteiger partial charge in [0.15, 0.2) is 0 Å². The molecule has 0 aliphatic rings. The third-order valence-corrected chi connectivity index (χ3v) is 4.20. The zero-order chi connectivity index (χ0) is 17.5. The number of nitrogens with one attached hydrogen (secondary N) is 1. The summed E-state index contributed by atoms with van der Waals surface area (Å²) in [5.41, 5.74) is 0.363. The van der Waals surface area contributed by atoms with Gasteiger partial charge in [-0.1, -0.05) is 23.7 Å². The Hall–Kier alpha value is -1.86. The second-order valence-corrected chi connectivity index (χ2v) is 6.14. The van der Waals surface area contributed by atoms with Crippen molar-refractivity contribution in [2.75, 3.05) is 11.1 Å². The smallest absolute Gasteiger partial charge is 0.387 e. The van der Waals surface area contributed by atoms with Gasteiger partial charge in [0.25, 0.3) is 0 Å². The van der Waals surface area contributed by atoms with Crippen molar-refractivity contribution in [2.45, 2.75) is 17.9 Å². The molecule has 0 aromatic heterocycles. The molecule has 0 radical (unpaired) electrons. The second-order valence-electron chi connectivity index (χ2n) is 4.60. The highest BCUT2D eigenvalue weighted by Crippen LogP contribution is 2.29. The highest BCUT2D eigenvalue weighted by atomic mass is 35.5. The van der Waals surface area contributed by atoms with Crippen LogP contribution in [0.4, 0.5) is 18.9 Å². The number of halogens is 4. The third kappa shape index (κ3) is 5.65. The molecule has 24 heavy (non-hydrogen) atoms. The van der Waals surface area contributed by atoms with Gasteiger partial charge in [-0.05, 0) is 30.3 Å². The van der Waals surface area contributed by atoms with E-state index in [-0.39, 0.29) is 28.9 Å². The first-order valence-corrected chi connectivity index (χ1v) is 8.23. The summed E-state index contributed by atoms with van der Waals surface area (Å²) in [4.78, 5) is 12.3. The molecular weight excluding hydrogens is 363 g/mol. The van der Waals surface area contributed by atoms with Gasteiger partial charge in [-0.25, -0.2) is 4.39 Å². The molecule has 1 N–H and O–H groups in total. The Kier molecular flexibility index (Phi) is 6.81. The van der Waals surface area contributed by atoms with Crippen LogP contribution < -0.4 is 10.1 Å². The summed E-state index contributed by atoms with van der Waals surface area (Å²) in [6.07, 6.45) is 0.159. The number of amides is 1. The summed E-state index contributed by atoms with van der Waals surface area (Å²) in [5.74, 6) is -0.394. The van der Waals surface area contributed by atoms with Crippen molar-refractivity contribution < 1.29 is 22.7 Å². The lowest BCUT2D eigenvalue weighted by atomic mass is 10.3. The minimum absolute atomic E-state index is 0.0335. The van der Waals surface area contributed by atoms with E-state index in [1.807, 2.05) is 0 Å². The molecule has 0 saturated carbocycles.